The van der Waals surface area contributed by atoms with Gasteiger partial charge < -0.3 is 4.74 Å². The number of ether oxygens (including phenoxy) is 1. The lowest BCUT2D eigenvalue weighted by Gasteiger charge is -2.14. The van der Waals surface area contributed by atoms with Crippen LogP contribution in [0.15, 0.2) is 48.5 Å². The van der Waals surface area contributed by atoms with Gasteiger partial charge in [0.25, 0.3) is 0 Å². The Morgan fingerprint density at radius 3 is 2.41 bits per heavy atom. The van der Waals surface area contributed by atoms with E-state index in [0.29, 0.717) is 12.4 Å². The predicted octanol–water partition coefficient (Wildman–Crippen LogP) is 3.96. The molecule has 0 aliphatic heterocycles. The zero-order valence-electron chi connectivity index (χ0n) is 12.6. The molecule has 22 heavy (non-hydrogen) atoms. The molecule has 2 aromatic carbocycles. The molecule has 0 amide bonds. The van der Waals surface area contributed by atoms with E-state index in [1.165, 1.54) is 16.7 Å². The van der Waals surface area contributed by atoms with Crippen LogP contribution in [-0.4, -0.2) is 5.78 Å². The second kappa shape index (κ2) is 5.60. The standard InChI is InChI=1S/C20H20O2/c21-20-16-6-7-17(20)11-18-12-19(9-8-15(18)10-16)22-13-14-4-2-1-3-5-14/h1-5,8-9,12,16-17H,6-7,10-11,13H2/t16-,17+/m1/s1. The van der Waals surface area contributed by atoms with E-state index in [1.54, 1.807) is 0 Å². The summed E-state index contributed by atoms with van der Waals surface area (Å²) in [6.45, 7) is 0.588. The monoisotopic (exact) mass is 292 g/mol. The molecule has 2 bridgehead atoms. The quantitative estimate of drug-likeness (QED) is 0.856. The number of benzene rings is 2. The highest BCUT2D eigenvalue weighted by Crippen LogP contribution is 2.38. The van der Waals surface area contributed by atoms with E-state index in [2.05, 4.69) is 24.3 Å². The van der Waals surface area contributed by atoms with Crippen molar-refractivity contribution < 1.29 is 9.53 Å². The van der Waals surface area contributed by atoms with Crippen molar-refractivity contribution in [1.82, 2.24) is 0 Å². The summed E-state index contributed by atoms with van der Waals surface area (Å²) in [5.41, 5.74) is 3.82. The van der Waals surface area contributed by atoms with E-state index in [1.807, 2.05) is 24.3 Å². The summed E-state index contributed by atoms with van der Waals surface area (Å²) in [6.07, 6.45) is 3.96. The SMILES string of the molecule is O=C1[C@@H]2CC[C@H]1Cc1cc(OCc3ccccc3)ccc1C2. The van der Waals surface area contributed by atoms with Gasteiger partial charge >= 0.3 is 0 Å². The number of fused-ring (bicyclic) bond motifs is 3. The van der Waals surface area contributed by atoms with Gasteiger partial charge in [0.05, 0.1) is 0 Å². The topological polar surface area (TPSA) is 26.3 Å². The Bertz CT molecular complexity index is 690. The second-order valence-electron chi connectivity index (χ2n) is 6.49. The van der Waals surface area contributed by atoms with Crippen molar-refractivity contribution >= 4 is 5.78 Å². The van der Waals surface area contributed by atoms with Gasteiger partial charge in [0.2, 0.25) is 0 Å². The maximum Gasteiger partial charge on any atom is 0.139 e. The van der Waals surface area contributed by atoms with Gasteiger partial charge in [-0.1, -0.05) is 36.4 Å². The molecule has 2 nitrogen and oxygen atoms in total. The van der Waals surface area contributed by atoms with Gasteiger partial charge in [0.15, 0.2) is 0 Å². The lowest BCUT2D eigenvalue weighted by atomic mass is 9.93. The first kappa shape index (κ1) is 13.6. The molecular weight excluding hydrogens is 272 g/mol. The highest BCUT2D eigenvalue weighted by atomic mass is 16.5. The van der Waals surface area contributed by atoms with Gasteiger partial charge in [-0.05, 0) is 54.5 Å². The van der Waals surface area contributed by atoms with Crippen LogP contribution in [0.25, 0.3) is 0 Å². The third kappa shape index (κ3) is 2.54. The minimum Gasteiger partial charge on any atom is -0.489 e. The van der Waals surface area contributed by atoms with Crippen molar-refractivity contribution in [3.63, 3.8) is 0 Å². The first-order valence-corrected chi connectivity index (χ1v) is 8.12. The predicted molar refractivity (Wildman–Crippen MR) is 85.8 cm³/mol. The van der Waals surface area contributed by atoms with E-state index in [0.717, 1.165) is 31.4 Å². The molecule has 4 rings (SSSR count). The molecule has 1 saturated carbocycles. The summed E-state index contributed by atoms with van der Waals surface area (Å²) in [7, 11) is 0. The second-order valence-corrected chi connectivity index (χ2v) is 6.49. The summed E-state index contributed by atoms with van der Waals surface area (Å²) < 4.78 is 5.92. The highest BCUT2D eigenvalue weighted by Gasteiger charge is 2.37. The van der Waals surface area contributed by atoms with Crippen molar-refractivity contribution in [1.29, 1.82) is 0 Å². The van der Waals surface area contributed by atoms with Gasteiger partial charge in [-0.25, -0.2) is 0 Å². The van der Waals surface area contributed by atoms with Gasteiger partial charge in [0, 0.05) is 11.8 Å². The largest absolute Gasteiger partial charge is 0.489 e. The zero-order valence-corrected chi connectivity index (χ0v) is 12.6. The lowest BCUT2D eigenvalue weighted by molar-refractivity contribution is -0.123. The van der Waals surface area contributed by atoms with E-state index in [9.17, 15) is 4.79 Å². The Morgan fingerprint density at radius 2 is 1.64 bits per heavy atom. The molecule has 0 spiro atoms. The average Bonchev–Trinajstić information content (AvgIpc) is 2.80. The fourth-order valence-corrected chi connectivity index (χ4v) is 3.78. The molecule has 112 valence electrons. The number of carbonyl (C=O) groups excluding carboxylic acids is 1. The summed E-state index contributed by atoms with van der Waals surface area (Å²) in [5.74, 6) is 1.91. The van der Waals surface area contributed by atoms with Crippen molar-refractivity contribution in [2.24, 2.45) is 11.8 Å². The number of rotatable bonds is 3. The molecule has 0 saturated heterocycles. The molecule has 2 aromatic rings. The van der Waals surface area contributed by atoms with Crippen molar-refractivity contribution in [3.8, 4) is 5.75 Å². The first-order valence-electron chi connectivity index (χ1n) is 8.12. The fraction of sp³-hybridized carbons (Fsp3) is 0.350. The van der Waals surface area contributed by atoms with Crippen LogP contribution >= 0.6 is 0 Å². The van der Waals surface area contributed by atoms with Crippen LogP contribution in [0, 0.1) is 11.8 Å². The molecule has 0 heterocycles. The summed E-state index contributed by atoms with van der Waals surface area (Å²) in [4.78, 5) is 12.2. The normalized spacial score (nSPS) is 23.0. The van der Waals surface area contributed by atoms with Crippen LogP contribution in [0.4, 0.5) is 0 Å². The van der Waals surface area contributed by atoms with Gasteiger partial charge in [0.1, 0.15) is 18.1 Å². The van der Waals surface area contributed by atoms with Crippen LogP contribution in [0.1, 0.15) is 29.5 Å². The number of hydrogen-bond acceptors (Lipinski definition) is 2. The van der Waals surface area contributed by atoms with Crippen molar-refractivity contribution in [2.45, 2.75) is 32.3 Å². The van der Waals surface area contributed by atoms with Crippen LogP contribution in [-0.2, 0) is 24.2 Å². The highest BCUT2D eigenvalue weighted by molar-refractivity contribution is 5.86. The van der Waals surface area contributed by atoms with Gasteiger partial charge in [-0.2, -0.15) is 0 Å². The van der Waals surface area contributed by atoms with Crippen molar-refractivity contribution in [3.05, 3.63) is 65.2 Å². The average molecular weight is 292 g/mol. The third-order valence-electron chi connectivity index (χ3n) is 5.03. The Kier molecular flexibility index (Phi) is 3.45. The van der Waals surface area contributed by atoms with Gasteiger partial charge in [-0.15, -0.1) is 0 Å². The van der Waals surface area contributed by atoms with Crippen LogP contribution in [0.5, 0.6) is 5.75 Å². The molecule has 0 aromatic heterocycles. The Labute approximate surface area is 131 Å². The Balaban J connectivity index is 1.52. The molecule has 2 heteroatoms. The number of ketones is 1. The number of hydrogen-bond donors (Lipinski definition) is 0. The molecule has 1 fully saturated rings. The minimum absolute atomic E-state index is 0.246. The van der Waals surface area contributed by atoms with E-state index in [-0.39, 0.29) is 11.8 Å². The summed E-state index contributed by atoms with van der Waals surface area (Å²) in [5, 5.41) is 0. The molecule has 2 aliphatic rings. The third-order valence-corrected chi connectivity index (χ3v) is 5.03. The summed E-state index contributed by atoms with van der Waals surface area (Å²) in [6, 6.07) is 16.6. The van der Waals surface area contributed by atoms with E-state index < -0.39 is 0 Å². The Hall–Kier alpha value is -2.09. The Morgan fingerprint density at radius 1 is 0.909 bits per heavy atom. The molecule has 0 unspecified atom stereocenters. The maximum atomic E-state index is 12.2. The number of Topliss-reactive ketones (excluding diaryl/α,β-unsaturated/α-hetero) is 1. The smallest absolute Gasteiger partial charge is 0.139 e. The van der Waals surface area contributed by atoms with E-state index in [4.69, 9.17) is 4.74 Å². The van der Waals surface area contributed by atoms with Crippen LogP contribution < -0.4 is 4.74 Å². The zero-order chi connectivity index (χ0) is 14.9. The molecule has 0 N–H and O–H groups in total. The van der Waals surface area contributed by atoms with Crippen LogP contribution in [0.2, 0.25) is 0 Å². The molecule has 0 radical (unpaired) electrons. The van der Waals surface area contributed by atoms with Gasteiger partial charge in [-0.3, -0.25) is 4.79 Å². The van der Waals surface area contributed by atoms with Crippen molar-refractivity contribution in [2.75, 3.05) is 0 Å². The fourth-order valence-electron chi connectivity index (χ4n) is 3.78. The number of carbonyl (C=O) groups is 1. The molecule has 2 aliphatic carbocycles. The summed E-state index contributed by atoms with van der Waals surface area (Å²) >= 11 is 0. The first-order chi connectivity index (χ1) is 10.8. The minimum atomic E-state index is 0.246. The maximum absolute atomic E-state index is 12.2. The van der Waals surface area contributed by atoms with E-state index >= 15 is 0 Å². The molecular formula is C20H20O2. The molecule has 2 atom stereocenters. The van der Waals surface area contributed by atoms with Crippen LogP contribution in [0.3, 0.4) is 0 Å². The lowest BCUT2D eigenvalue weighted by Crippen LogP contribution is -2.13.